The summed E-state index contributed by atoms with van der Waals surface area (Å²) in [6, 6.07) is 9.20. The zero-order valence-corrected chi connectivity index (χ0v) is 23.1. The van der Waals surface area contributed by atoms with Crippen LogP contribution in [0.25, 0.3) is 5.69 Å². The fourth-order valence-corrected chi connectivity index (χ4v) is 4.80. The number of rotatable bonds is 5. The lowest BCUT2D eigenvalue weighted by Gasteiger charge is -2.42. The Hall–Kier alpha value is -2.99. The maximum Gasteiger partial charge on any atom is 0.354 e. The van der Waals surface area contributed by atoms with Gasteiger partial charge in [-0.25, -0.2) is 9.59 Å². The van der Waals surface area contributed by atoms with Crippen LogP contribution in [0.3, 0.4) is 0 Å². The predicted octanol–water partition coefficient (Wildman–Crippen LogP) is 1.38. The standard InChI is InChI=1S/C26H38N8O3.ClH/c1-18-16-32(14-15-33(18)23(35)26(2,3)28)24(36)29-22-10-13-34(25(37)30-22)21-6-4-19(5-7-21)17-31-11-8-20(27)9-12-31;/h4-7,10,13,18,20H,8-9,11-12,14-17,27-28H2,1-3H3,(H,29,30,36,37);1H/t18-;/m0./s1. The number of nitrogens with one attached hydrogen (secondary N) is 1. The maximum absolute atomic E-state index is 12.8. The average molecular weight is 547 g/mol. The molecule has 2 saturated heterocycles. The van der Waals surface area contributed by atoms with Gasteiger partial charge in [-0.05, 0) is 70.5 Å². The van der Waals surface area contributed by atoms with Crippen molar-refractivity contribution in [3.05, 3.63) is 52.6 Å². The van der Waals surface area contributed by atoms with Crippen molar-refractivity contribution >= 4 is 30.2 Å². The van der Waals surface area contributed by atoms with Gasteiger partial charge in [0.1, 0.15) is 5.82 Å². The average Bonchev–Trinajstić information content (AvgIpc) is 2.85. The third kappa shape index (κ3) is 7.10. The van der Waals surface area contributed by atoms with Crippen molar-refractivity contribution in [1.82, 2.24) is 24.3 Å². The molecule has 12 heteroatoms. The van der Waals surface area contributed by atoms with E-state index in [1.165, 1.54) is 10.1 Å². The van der Waals surface area contributed by atoms with E-state index in [1.807, 2.05) is 31.2 Å². The number of nitrogens with two attached hydrogens (primary N) is 2. The van der Waals surface area contributed by atoms with E-state index in [0.717, 1.165) is 32.5 Å². The Balaban J connectivity index is 0.00000400. The molecule has 2 aromatic rings. The number of halogens is 1. The number of piperazine rings is 1. The molecule has 38 heavy (non-hydrogen) atoms. The van der Waals surface area contributed by atoms with Gasteiger partial charge in [-0.15, -0.1) is 12.4 Å². The Morgan fingerprint density at radius 2 is 1.74 bits per heavy atom. The number of urea groups is 1. The minimum Gasteiger partial charge on any atom is -0.335 e. The third-order valence-corrected chi connectivity index (χ3v) is 7.02. The lowest BCUT2D eigenvalue weighted by atomic mass is 10.0. The van der Waals surface area contributed by atoms with Crippen molar-refractivity contribution in [1.29, 1.82) is 0 Å². The highest BCUT2D eigenvalue weighted by atomic mass is 35.5. The molecule has 2 fully saturated rings. The first-order valence-electron chi connectivity index (χ1n) is 12.8. The molecule has 4 rings (SSSR count). The summed E-state index contributed by atoms with van der Waals surface area (Å²) in [5, 5.41) is 2.70. The highest BCUT2D eigenvalue weighted by Crippen LogP contribution is 2.17. The van der Waals surface area contributed by atoms with Crippen LogP contribution in [0.5, 0.6) is 0 Å². The Labute approximate surface area is 229 Å². The van der Waals surface area contributed by atoms with Crippen LogP contribution in [0.1, 0.15) is 39.2 Å². The van der Waals surface area contributed by atoms with E-state index in [2.05, 4.69) is 15.2 Å². The molecule has 1 aromatic heterocycles. The molecule has 2 aliphatic heterocycles. The highest BCUT2D eigenvalue weighted by Gasteiger charge is 2.35. The van der Waals surface area contributed by atoms with Gasteiger partial charge in [-0.2, -0.15) is 4.98 Å². The zero-order chi connectivity index (χ0) is 26.7. The number of aromatic nitrogens is 2. The molecule has 5 N–H and O–H groups in total. The molecular weight excluding hydrogens is 508 g/mol. The van der Waals surface area contributed by atoms with Crippen LogP contribution in [-0.4, -0.2) is 86.5 Å². The first-order chi connectivity index (χ1) is 17.5. The SMILES string of the molecule is C[C@H]1CN(C(=O)Nc2ccn(-c3ccc(CN4CCC(N)CC4)cc3)c(=O)n2)CCN1C(=O)C(C)(C)N.Cl. The summed E-state index contributed by atoms with van der Waals surface area (Å²) in [4.78, 5) is 47.8. The van der Waals surface area contributed by atoms with Gasteiger partial charge in [0.15, 0.2) is 0 Å². The van der Waals surface area contributed by atoms with Crippen molar-refractivity contribution in [2.24, 2.45) is 11.5 Å². The number of benzene rings is 1. The minimum atomic E-state index is -0.963. The molecule has 0 saturated carbocycles. The van der Waals surface area contributed by atoms with E-state index >= 15 is 0 Å². The molecule has 0 bridgehead atoms. The number of hydrogen-bond donors (Lipinski definition) is 3. The van der Waals surface area contributed by atoms with Gasteiger partial charge in [0, 0.05) is 44.5 Å². The number of nitrogens with zero attached hydrogens (tertiary/aromatic N) is 5. The Kier molecular flexibility index (Phi) is 9.53. The van der Waals surface area contributed by atoms with Crippen molar-refractivity contribution < 1.29 is 9.59 Å². The molecule has 1 atom stereocenters. The van der Waals surface area contributed by atoms with Gasteiger partial charge in [0.25, 0.3) is 0 Å². The third-order valence-electron chi connectivity index (χ3n) is 7.02. The Morgan fingerprint density at radius 1 is 1.08 bits per heavy atom. The van der Waals surface area contributed by atoms with Gasteiger partial charge >= 0.3 is 11.7 Å². The second kappa shape index (κ2) is 12.2. The number of piperidine rings is 1. The van der Waals surface area contributed by atoms with E-state index in [9.17, 15) is 14.4 Å². The molecule has 11 nitrogen and oxygen atoms in total. The van der Waals surface area contributed by atoms with E-state index < -0.39 is 11.2 Å². The molecule has 0 unspecified atom stereocenters. The molecule has 3 amide bonds. The van der Waals surface area contributed by atoms with Crippen LogP contribution in [0, 0.1) is 0 Å². The van der Waals surface area contributed by atoms with Crippen LogP contribution in [0.15, 0.2) is 41.3 Å². The summed E-state index contributed by atoms with van der Waals surface area (Å²) in [5.41, 5.74) is 12.4. The zero-order valence-electron chi connectivity index (χ0n) is 22.3. The van der Waals surface area contributed by atoms with Crippen LogP contribution >= 0.6 is 12.4 Å². The van der Waals surface area contributed by atoms with Gasteiger partial charge < -0.3 is 21.3 Å². The fraction of sp³-hybridized carbons (Fsp3) is 0.538. The van der Waals surface area contributed by atoms with Crippen molar-refractivity contribution in [2.75, 3.05) is 38.0 Å². The summed E-state index contributed by atoms with van der Waals surface area (Å²) in [6.07, 6.45) is 3.64. The first-order valence-corrected chi connectivity index (χ1v) is 12.8. The first kappa shape index (κ1) is 29.6. The summed E-state index contributed by atoms with van der Waals surface area (Å²) in [6.45, 7) is 9.21. The van der Waals surface area contributed by atoms with Gasteiger partial charge in [0.2, 0.25) is 5.91 Å². The van der Waals surface area contributed by atoms with Gasteiger partial charge in [0.05, 0.1) is 11.2 Å². The molecule has 0 aliphatic carbocycles. The second-order valence-corrected chi connectivity index (χ2v) is 10.7. The largest absolute Gasteiger partial charge is 0.354 e. The molecule has 0 spiro atoms. The van der Waals surface area contributed by atoms with Crippen molar-refractivity contribution in [2.45, 2.75) is 57.8 Å². The van der Waals surface area contributed by atoms with Gasteiger partial charge in [-0.3, -0.25) is 19.6 Å². The fourth-order valence-electron chi connectivity index (χ4n) is 4.80. The lowest BCUT2D eigenvalue weighted by molar-refractivity contribution is -0.139. The summed E-state index contributed by atoms with van der Waals surface area (Å²) in [5.74, 6) is 0.0371. The molecule has 208 valence electrons. The number of hydrogen-bond acceptors (Lipinski definition) is 7. The quantitative estimate of drug-likeness (QED) is 0.514. The summed E-state index contributed by atoms with van der Waals surface area (Å²) < 4.78 is 1.44. The van der Waals surface area contributed by atoms with Crippen molar-refractivity contribution in [3.8, 4) is 5.69 Å². The maximum atomic E-state index is 12.8. The van der Waals surface area contributed by atoms with Crippen LogP contribution < -0.4 is 22.5 Å². The second-order valence-electron chi connectivity index (χ2n) is 10.7. The van der Waals surface area contributed by atoms with Crippen LogP contribution in [0.4, 0.5) is 10.6 Å². The molecule has 1 aromatic carbocycles. The van der Waals surface area contributed by atoms with Crippen molar-refractivity contribution in [3.63, 3.8) is 0 Å². The van der Waals surface area contributed by atoms with E-state index in [-0.39, 0.29) is 36.2 Å². The number of amides is 3. The van der Waals surface area contributed by atoms with E-state index in [4.69, 9.17) is 11.5 Å². The monoisotopic (exact) mass is 546 g/mol. The lowest BCUT2D eigenvalue weighted by Crippen LogP contribution is -2.61. The number of likely N-dealkylation sites (tertiary alicyclic amines) is 1. The minimum absolute atomic E-state index is 0. The normalized spacial score (nSPS) is 19.1. The molecule has 3 heterocycles. The van der Waals surface area contributed by atoms with Crippen LogP contribution in [0.2, 0.25) is 0 Å². The Bertz CT molecular complexity index is 1170. The molecular formula is C26H39ClN8O3. The van der Waals surface area contributed by atoms with Gasteiger partial charge in [-0.1, -0.05) is 12.1 Å². The summed E-state index contributed by atoms with van der Waals surface area (Å²) in [7, 11) is 0. The summed E-state index contributed by atoms with van der Waals surface area (Å²) >= 11 is 0. The van der Waals surface area contributed by atoms with E-state index in [1.54, 1.807) is 35.9 Å². The predicted molar refractivity (Wildman–Crippen MR) is 150 cm³/mol. The molecule has 0 radical (unpaired) electrons. The van der Waals surface area contributed by atoms with Crippen LogP contribution in [-0.2, 0) is 11.3 Å². The molecule has 2 aliphatic rings. The Morgan fingerprint density at radius 3 is 2.32 bits per heavy atom. The number of carbonyl (C=O) groups excluding carboxylic acids is 2. The van der Waals surface area contributed by atoms with E-state index in [0.29, 0.717) is 31.4 Å². The highest BCUT2D eigenvalue weighted by molar-refractivity contribution is 5.89. The smallest absolute Gasteiger partial charge is 0.335 e. The number of carbonyl (C=O) groups is 2. The number of anilines is 1. The topological polar surface area (TPSA) is 143 Å².